The highest BCUT2D eigenvalue weighted by molar-refractivity contribution is 7.99. The molecule has 1 N–H and O–H groups in total. The molecule has 0 atom stereocenters. The Balaban J connectivity index is 1.53. The van der Waals surface area contributed by atoms with E-state index in [4.69, 9.17) is 11.6 Å². The number of aromatic nitrogens is 5. The van der Waals surface area contributed by atoms with Crippen LogP contribution in [0.5, 0.6) is 0 Å². The van der Waals surface area contributed by atoms with Crippen LogP contribution in [0.1, 0.15) is 39.3 Å². The molecule has 0 spiro atoms. The van der Waals surface area contributed by atoms with E-state index in [1.807, 2.05) is 41.9 Å². The molecule has 1 aliphatic heterocycles. The zero-order chi connectivity index (χ0) is 22.9. The number of nitrogens with zero attached hydrogens (tertiary/aromatic N) is 6. The normalized spacial score (nSPS) is 14.2. The summed E-state index contributed by atoms with van der Waals surface area (Å²) in [5.74, 6) is 1.50. The van der Waals surface area contributed by atoms with Crippen molar-refractivity contribution < 1.29 is 4.79 Å². The zero-order valence-electron chi connectivity index (χ0n) is 18.8. The van der Waals surface area contributed by atoms with Crippen molar-refractivity contribution in [3.8, 4) is 5.69 Å². The summed E-state index contributed by atoms with van der Waals surface area (Å²) >= 11 is 7.84. The number of benzene rings is 1. The molecule has 0 radical (unpaired) electrons. The van der Waals surface area contributed by atoms with E-state index in [2.05, 4.69) is 46.3 Å². The van der Waals surface area contributed by atoms with Crippen LogP contribution in [0.3, 0.4) is 0 Å². The van der Waals surface area contributed by atoms with Gasteiger partial charge in [0.2, 0.25) is 11.9 Å². The average molecular weight is 474 g/mol. The quantitative estimate of drug-likeness (QED) is 0.538. The maximum atomic E-state index is 12.7. The molecule has 0 unspecified atom stereocenters. The summed E-state index contributed by atoms with van der Waals surface area (Å²) in [6.45, 7) is 8.15. The van der Waals surface area contributed by atoms with Crippen LogP contribution in [-0.4, -0.2) is 49.3 Å². The van der Waals surface area contributed by atoms with Gasteiger partial charge in [-0.05, 0) is 25.0 Å². The highest BCUT2D eigenvalue weighted by atomic mass is 35.5. The maximum absolute atomic E-state index is 12.7. The maximum Gasteiger partial charge on any atom is 0.235 e. The lowest BCUT2D eigenvalue weighted by Gasteiger charge is -2.19. The fourth-order valence-corrected chi connectivity index (χ4v) is 4.54. The van der Waals surface area contributed by atoms with Gasteiger partial charge in [0.15, 0.2) is 5.16 Å². The lowest BCUT2D eigenvalue weighted by molar-refractivity contribution is -0.113. The standard InChI is InChI=1S/C22H28ClN7OS/c1-22(2,3)17-13-18(28(4)27-17)24-19(31)14-32-21-26-25-20(29-11-7-8-12-29)30(21)16-10-6-5-9-15(16)23/h5-6,9-10,13H,7-8,11-12,14H2,1-4H3,(H,24,31). The molecule has 4 rings (SSSR count). The summed E-state index contributed by atoms with van der Waals surface area (Å²) in [7, 11) is 1.83. The lowest BCUT2D eigenvalue weighted by atomic mass is 9.92. The van der Waals surface area contributed by atoms with E-state index in [1.165, 1.54) is 11.8 Å². The number of rotatable bonds is 6. The fraction of sp³-hybridized carbons (Fsp3) is 0.455. The molecule has 10 heteroatoms. The molecule has 1 fully saturated rings. The Morgan fingerprint density at radius 1 is 1.19 bits per heavy atom. The predicted octanol–water partition coefficient (Wildman–Crippen LogP) is 4.28. The van der Waals surface area contributed by atoms with Gasteiger partial charge in [-0.25, -0.2) is 0 Å². The SMILES string of the molecule is Cn1nc(C(C)(C)C)cc1NC(=O)CSc1nnc(N2CCCC2)n1-c1ccccc1Cl. The number of halogens is 1. The largest absolute Gasteiger partial charge is 0.341 e. The van der Waals surface area contributed by atoms with E-state index in [1.54, 1.807) is 4.68 Å². The molecule has 8 nitrogen and oxygen atoms in total. The Bertz CT molecular complexity index is 1110. The smallest absolute Gasteiger partial charge is 0.235 e. The minimum absolute atomic E-state index is 0.0904. The Morgan fingerprint density at radius 3 is 2.56 bits per heavy atom. The van der Waals surface area contributed by atoms with Crippen LogP contribution in [0.25, 0.3) is 5.69 Å². The topological polar surface area (TPSA) is 80.9 Å². The van der Waals surface area contributed by atoms with Gasteiger partial charge < -0.3 is 10.2 Å². The third-order valence-corrected chi connectivity index (χ3v) is 6.60. The third-order valence-electron chi connectivity index (χ3n) is 5.35. The first kappa shape index (κ1) is 22.7. The average Bonchev–Trinajstić information content (AvgIpc) is 3.47. The second-order valence-electron chi connectivity index (χ2n) is 8.89. The van der Waals surface area contributed by atoms with E-state index in [0.717, 1.165) is 43.3 Å². The van der Waals surface area contributed by atoms with Crippen LogP contribution in [0.2, 0.25) is 5.02 Å². The Hall–Kier alpha value is -2.52. The molecular weight excluding hydrogens is 446 g/mol. The molecule has 32 heavy (non-hydrogen) atoms. The van der Waals surface area contributed by atoms with Gasteiger partial charge in [0.05, 0.1) is 22.2 Å². The van der Waals surface area contributed by atoms with Crippen molar-refractivity contribution in [2.24, 2.45) is 7.05 Å². The molecule has 3 aromatic rings. The second-order valence-corrected chi connectivity index (χ2v) is 10.2. The first-order valence-electron chi connectivity index (χ1n) is 10.7. The van der Waals surface area contributed by atoms with Crippen LogP contribution in [0.4, 0.5) is 11.8 Å². The summed E-state index contributed by atoms with van der Waals surface area (Å²) in [5, 5.41) is 17.5. The first-order valence-corrected chi connectivity index (χ1v) is 12.0. The summed E-state index contributed by atoms with van der Waals surface area (Å²) < 4.78 is 3.65. The number of nitrogens with one attached hydrogen (secondary N) is 1. The number of carbonyl (C=O) groups excluding carboxylic acids is 1. The number of para-hydroxylation sites is 1. The van der Waals surface area contributed by atoms with Gasteiger partial charge >= 0.3 is 0 Å². The monoisotopic (exact) mass is 473 g/mol. The van der Waals surface area contributed by atoms with Crippen molar-refractivity contribution in [3.05, 3.63) is 41.0 Å². The van der Waals surface area contributed by atoms with Gasteiger partial charge in [-0.1, -0.05) is 56.3 Å². The zero-order valence-corrected chi connectivity index (χ0v) is 20.4. The molecule has 2 aromatic heterocycles. The Morgan fingerprint density at radius 2 is 1.91 bits per heavy atom. The van der Waals surface area contributed by atoms with E-state index in [-0.39, 0.29) is 17.1 Å². The summed E-state index contributed by atoms with van der Waals surface area (Å²) in [6, 6.07) is 9.54. The van der Waals surface area contributed by atoms with Crippen molar-refractivity contribution in [2.45, 2.75) is 44.2 Å². The van der Waals surface area contributed by atoms with Gasteiger partial charge in [-0.2, -0.15) is 5.10 Å². The van der Waals surface area contributed by atoms with E-state index in [9.17, 15) is 4.79 Å². The lowest BCUT2D eigenvalue weighted by Crippen LogP contribution is -2.22. The number of aryl methyl sites for hydroxylation is 1. The van der Waals surface area contributed by atoms with Crippen molar-refractivity contribution in [3.63, 3.8) is 0 Å². The second kappa shape index (κ2) is 9.15. The van der Waals surface area contributed by atoms with Crippen molar-refractivity contribution in [2.75, 3.05) is 29.1 Å². The van der Waals surface area contributed by atoms with Crippen LogP contribution in [0, 0.1) is 0 Å². The predicted molar refractivity (Wildman–Crippen MR) is 129 cm³/mol. The van der Waals surface area contributed by atoms with Crippen LogP contribution in [0.15, 0.2) is 35.5 Å². The number of anilines is 2. The van der Waals surface area contributed by atoms with Crippen LogP contribution < -0.4 is 10.2 Å². The van der Waals surface area contributed by atoms with Gasteiger partial charge in [0, 0.05) is 31.6 Å². The van der Waals surface area contributed by atoms with E-state index < -0.39 is 0 Å². The molecule has 1 saturated heterocycles. The highest BCUT2D eigenvalue weighted by Crippen LogP contribution is 2.32. The van der Waals surface area contributed by atoms with Crippen molar-refractivity contribution >= 4 is 41.0 Å². The Kier molecular flexibility index (Phi) is 6.48. The van der Waals surface area contributed by atoms with Crippen LogP contribution >= 0.6 is 23.4 Å². The molecule has 1 aliphatic rings. The van der Waals surface area contributed by atoms with Crippen molar-refractivity contribution in [1.29, 1.82) is 0 Å². The van der Waals surface area contributed by atoms with E-state index in [0.29, 0.717) is 16.0 Å². The van der Waals surface area contributed by atoms with Crippen LogP contribution in [-0.2, 0) is 17.3 Å². The highest BCUT2D eigenvalue weighted by Gasteiger charge is 2.24. The molecule has 1 aromatic carbocycles. The van der Waals surface area contributed by atoms with Gasteiger partial charge in [0.1, 0.15) is 5.82 Å². The van der Waals surface area contributed by atoms with Gasteiger partial charge in [-0.3, -0.25) is 14.0 Å². The Labute approximate surface area is 197 Å². The number of carbonyl (C=O) groups is 1. The molecule has 0 aliphatic carbocycles. The summed E-state index contributed by atoms with van der Waals surface area (Å²) in [4.78, 5) is 14.9. The molecule has 1 amide bonds. The molecule has 0 saturated carbocycles. The summed E-state index contributed by atoms with van der Waals surface area (Å²) in [6.07, 6.45) is 2.25. The molecule has 170 valence electrons. The number of thioether (sulfide) groups is 1. The summed E-state index contributed by atoms with van der Waals surface area (Å²) in [5.41, 5.74) is 1.65. The molecular formula is C22H28ClN7OS. The van der Waals surface area contributed by atoms with Crippen molar-refractivity contribution in [1.82, 2.24) is 24.5 Å². The number of hydrogen-bond acceptors (Lipinski definition) is 6. The molecule has 0 bridgehead atoms. The fourth-order valence-electron chi connectivity index (χ4n) is 3.58. The number of hydrogen-bond donors (Lipinski definition) is 1. The van der Waals surface area contributed by atoms with Gasteiger partial charge in [-0.15, -0.1) is 10.2 Å². The minimum Gasteiger partial charge on any atom is -0.341 e. The first-order chi connectivity index (χ1) is 15.2. The van der Waals surface area contributed by atoms with Gasteiger partial charge in [0.25, 0.3) is 0 Å². The number of amides is 1. The third kappa shape index (κ3) is 4.78. The van der Waals surface area contributed by atoms with E-state index >= 15 is 0 Å². The molecule has 3 heterocycles. The minimum atomic E-state index is -0.130.